The van der Waals surface area contributed by atoms with E-state index in [4.69, 9.17) is 13.3 Å². The van der Waals surface area contributed by atoms with Crippen LogP contribution in [0.25, 0.3) is 77.5 Å². The van der Waals surface area contributed by atoms with Gasteiger partial charge in [0.15, 0.2) is 0 Å². The van der Waals surface area contributed by atoms with Gasteiger partial charge in [0.1, 0.15) is 0 Å². The van der Waals surface area contributed by atoms with E-state index in [1.165, 1.54) is 11.4 Å². The second-order valence-corrected chi connectivity index (χ2v) is 17.7. The molecule has 0 N–H and O–H groups in total. The Kier molecular flexibility index (Phi) is 11.2. The number of fused-ring (bicyclic) bond motifs is 11. The Hall–Kier alpha value is -8.05. The van der Waals surface area contributed by atoms with Crippen molar-refractivity contribution in [2.75, 3.05) is 32.7 Å². The maximum Gasteiger partial charge on any atom is 0.216 e. The van der Waals surface area contributed by atoms with Gasteiger partial charge in [-0.1, -0.05) is 69.5 Å². The molecular formula is C59H43IrN8O3-5. The fourth-order valence-corrected chi connectivity index (χ4v) is 9.80. The van der Waals surface area contributed by atoms with Crippen molar-refractivity contribution >= 4 is 100 Å². The number of aromatic nitrogens is 4. The van der Waals surface area contributed by atoms with E-state index in [1.807, 2.05) is 87.5 Å². The van der Waals surface area contributed by atoms with Crippen molar-refractivity contribution < 1.29 is 33.4 Å². The van der Waals surface area contributed by atoms with E-state index in [0.29, 0.717) is 17.1 Å². The van der Waals surface area contributed by atoms with Crippen LogP contribution in [0.2, 0.25) is 0 Å². The van der Waals surface area contributed by atoms with Crippen molar-refractivity contribution in [3.05, 3.63) is 194 Å². The monoisotopic (exact) mass is 1100 g/mol. The summed E-state index contributed by atoms with van der Waals surface area (Å²) in [6, 6.07) is 57.3. The molecule has 12 aromatic rings. The van der Waals surface area contributed by atoms with Gasteiger partial charge in [0.2, 0.25) is 17.1 Å². The van der Waals surface area contributed by atoms with Crippen LogP contribution in [-0.2, 0) is 20.1 Å². The zero-order valence-corrected chi connectivity index (χ0v) is 41.4. The van der Waals surface area contributed by atoms with Gasteiger partial charge < -0.3 is 37.8 Å². The number of benzene rings is 5. The van der Waals surface area contributed by atoms with Gasteiger partial charge in [-0.05, 0) is 119 Å². The van der Waals surface area contributed by atoms with E-state index in [1.54, 1.807) is 6.20 Å². The average molecular weight is 1100 g/mol. The summed E-state index contributed by atoms with van der Waals surface area (Å²) in [7, 11) is 0. The standard InChI is InChI=1S/C42H32N6O2.C17H11N2O.Ir/c1-27-19-21-31-29-11-9-17-37(39(29)49-41(31)43-27)47-25-45(33-13-3-5-15-35(33)47)23-7-8-24-46-26-48(36-16-6-4-14-34(36)46)38-18-10-12-30-32-22-20-28(2)44-42(32)50-40(30)38;1-11-8-9-13-12-5-4-6-14(15-7-2-3-10-18-15)16(12)20-17(13)19-11;/h3-6,9-16,19-22,25-26H,7-8,23-24H2,1-2H3;2-5,7-10H,1H3;/q-4;-1;. The first-order chi connectivity index (χ1) is 34.4. The number of furan rings is 3. The molecule has 2 aliphatic rings. The third-order valence-corrected chi connectivity index (χ3v) is 13.1. The number of hydrogen-bond acceptors (Lipinski definition) is 11. The largest absolute Gasteiger partial charge is 0.501 e. The maximum absolute atomic E-state index is 6.35. The average Bonchev–Trinajstić information content (AvgIpc) is 4.22. The molecule has 351 valence electrons. The molecule has 1 radical (unpaired) electrons. The van der Waals surface area contributed by atoms with Crippen LogP contribution in [0.4, 0.5) is 34.1 Å². The Balaban J connectivity index is 0.000000206. The Morgan fingerprint density at radius 2 is 0.873 bits per heavy atom. The fraction of sp³-hybridized carbons (Fsp3) is 0.119. The normalized spacial score (nSPS) is 13.2. The van der Waals surface area contributed by atoms with Crippen molar-refractivity contribution in [1.29, 1.82) is 0 Å². The van der Waals surface area contributed by atoms with Crippen LogP contribution in [0.5, 0.6) is 0 Å². The van der Waals surface area contributed by atoms with E-state index >= 15 is 0 Å². The van der Waals surface area contributed by atoms with Crippen LogP contribution in [0, 0.1) is 52.3 Å². The number of nitrogens with zero attached hydrogens (tertiary/aromatic N) is 8. The van der Waals surface area contributed by atoms with Crippen LogP contribution in [0.1, 0.15) is 29.9 Å². The first-order valence-electron chi connectivity index (χ1n) is 23.5. The van der Waals surface area contributed by atoms with E-state index in [-0.39, 0.29) is 20.1 Å². The molecule has 11 nitrogen and oxygen atoms in total. The van der Waals surface area contributed by atoms with Crippen LogP contribution < -0.4 is 19.6 Å². The molecule has 0 atom stereocenters. The topological polar surface area (TPSA) is 104 Å². The van der Waals surface area contributed by atoms with Crippen LogP contribution in [-0.4, -0.2) is 33.0 Å². The summed E-state index contributed by atoms with van der Waals surface area (Å²) >= 11 is 0. The molecule has 7 aromatic heterocycles. The second-order valence-electron chi connectivity index (χ2n) is 17.7. The number of anilines is 6. The quantitative estimate of drug-likeness (QED) is 0.107. The number of aryl methyl sites for hydroxylation is 3. The molecule has 14 rings (SSSR count). The van der Waals surface area contributed by atoms with Gasteiger partial charge >= 0.3 is 0 Å². The molecule has 2 aliphatic heterocycles. The fourth-order valence-electron chi connectivity index (χ4n) is 9.80. The Bertz CT molecular complexity index is 3780. The van der Waals surface area contributed by atoms with Gasteiger partial charge in [-0.15, -0.1) is 18.2 Å². The van der Waals surface area contributed by atoms with E-state index in [0.717, 1.165) is 126 Å². The number of para-hydroxylation sites is 4. The summed E-state index contributed by atoms with van der Waals surface area (Å²) in [6.07, 6.45) is 3.78. The van der Waals surface area contributed by atoms with E-state index in [9.17, 15) is 0 Å². The predicted octanol–water partition coefficient (Wildman–Crippen LogP) is 14.3. The molecule has 5 aromatic carbocycles. The number of unbranched alkanes of at least 4 members (excludes halogenated alkanes) is 1. The van der Waals surface area contributed by atoms with Gasteiger partial charge in [-0.3, -0.25) is 0 Å². The zero-order valence-electron chi connectivity index (χ0n) is 39.0. The first kappa shape index (κ1) is 44.2. The summed E-state index contributed by atoms with van der Waals surface area (Å²) < 4.78 is 18.6. The van der Waals surface area contributed by atoms with Crippen molar-refractivity contribution in [1.82, 2.24) is 19.9 Å². The molecule has 0 aliphatic carbocycles. The molecule has 0 saturated carbocycles. The molecule has 0 amide bonds. The van der Waals surface area contributed by atoms with E-state index in [2.05, 4.69) is 144 Å². The molecule has 71 heavy (non-hydrogen) atoms. The van der Waals surface area contributed by atoms with Crippen molar-refractivity contribution in [3.63, 3.8) is 0 Å². The molecular weight excluding hydrogens is 1060 g/mol. The predicted molar refractivity (Wildman–Crippen MR) is 278 cm³/mol. The van der Waals surface area contributed by atoms with Crippen LogP contribution in [0.15, 0.2) is 159 Å². The van der Waals surface area contributed by atoms with Crippen molar-refractivity contribution in [2.45, 2.75) is 33.6 Å². The molecule has 0 spiro atoms. The number of hydrogen-bond donors (Lipinski definition) is 0. The van der Waals surface area contributed by atoms with Crippen molar-refractivity contribution in [3.8, 4) is 11.3 Å². The molecule has 0 bridgehead atoms. The molecule has 0 saturated heterocycles. The van der Waals surface area contributed by atoms with Gasteiger partial charge in [0.05, 0.1) is 5.58 Å². The van der Waals surface area contributed by atoms with E-state index < -0.39 is 0 Å². The third-order valence-electron chi connectivity index (χ3n) is 13.1. The summed E-state index contributed by atoms with van der Waals surface area (Å²) in [5.74, 6) is 0. The maximum atomic E-state index is 6.35. The third kappa shape index (κ3) is 7.71. The van der Waals surface area contributed by atoms with Gasteiger partial charge in [0.25, 0.3) is 0 Å². The summed E-state index contributed by atoms with van der Waals surface area (Å²) in [6.45, 7) is 12.0. The Morgan fingerprint density at radius 1 is 0.451 bits per heavy atom. The molecule has 0 fully saturated rings. The first-order valence-corrected chi connectivity index (χ1v) is 23.5. The minimum atomic E-state index is 0. The Labute approximate surface area is 423 Å². The second kappa shape index (κ2) is 18.0. The summed E-state index contributed by atoms with van der Waals surface area (Å²) in [4.78, 5) is 27.2. The minimum Gasteiger partial charge on any atom is -0.501 e. The molecule has 0 unspecified atom stereocenters. The summed E-state index contributed by atoms with van der Waals surface area (Å²) in [5, 5.41) is 6.20. The van der Waals surface area contributed by atoms with Crippen LogP contribution >= 0.6 is 0 Å². The Morgan fingerprint density at radius 3 is 1.34 bits per heavy atom. The molecule has 9 heterocycles. The van der Waals surface area contributed by atoms with Gasteiger partial charge in [-0.25, -0.2) is 15.0 Å². The SMILES string of the molecule is Cc1ccc2c(n1)oc1c(-c3ccccn3)[c-]ccc12.Cc1ccc2c(n1)oc1c(N3[CH-]N(CCCCN4[CH-]N(c5[c-]ccc6c5oc5nc(C)ccc56)c5ccccc54)c4ccccc43)[c-]ccc12.[Ir]. The van der Waals surface area contributed by atoms with Crippen molar-refractivity contribution in [2.24, 2.45) is 0 Å². The smallest absolute Gasteiger partial charge is 0.216 e. The number of rotatable bonds is 8. The number of pyridine rings is 4. The van der Waals surface area contributed by atoms with Gasteiger partial charge in [0, 0.05) is 93.5 Å². The van der Waals surface area contributed by atoms with Gasteiger partial charge in [-0.2, -0.15) is 49.7 Å². The van der Waals surface area contributed by atoms with Crippen LogP contribution in [0.3, 0.4) is 0 Å². The zero-order chi connectivity index (χ0) is 46.9. The molecule has 12 heteroatoms. The minimum absolute atomic E-state index is 0. The summed E-state index contributed by atoms with van der Waals surface area (Å²) in [5.41, 5.74) is 15.2.